The number of fused-ring (bicyclic) bond motifs is 1. The molecule has 126 valence electrons. The van der Waals surface area contributed by atoms with Crippen molar-refractivity contribution in [3.05, 3.63) is 46.2 Å². The smallest absolute Gasteiger partial charge is 0.204 e. The summed E-state index contributed by atoms with van der Waals surface area (Å²) in [5, 5.41) is 3.56. The lowest BCUT2D eigenvalue weighted by Crippen LogP contribution is -2.19. The molecule has 1 N–H and O–H groups in total. The van der Waals surface area contributed by atoms with Crippen LogP contribution in [0.4, 0.5) is 10.1 Å². The molecule has 5 nitrogen and oxygen atoms in total. The highest BCUT2D eigenvalue weighted by molar-refractivity contribution is 6.31. The van der Waals surface area contributed by atoms with Gasteiger partial charge in [0.25, 0.3) is 0 Å². The van der Waals surface area contributed by atoms with Crippen LogP contribution in [0.2, 0.25) is 5.02 Å². The van der Waals surface area contributed by atoms with E-state index in [4.69, 9.17) is 25.8 Å². The fraction of sp³-hybridized carbons (Fsp3) is 0.235. The van der Waals surface area contributed by atoms with Crippen LogP contribution in [0.3, 0.4) is 0 Å². The molecule has 0 saturated heterocycles. The molecule has 3 rings (SSSR count). The normalized spacial score (nSPS) is 12.8. The van der Waals surface area contributed by atoms with Crippen LogP contribution in [0.15, 0.2) is 29.3 Å². The van der Waals surface area contributed by atoms with Crippen molar-refractivity contribution in [2.24, 2.45) is 4.99 Å². The van der Waals surface area contributed by atoms with Crippen LogP contribution in [0.5, 0.6) is 17.2 Å². The number of hydrogen-bond acceptors (Lipinski definition) is 5. The standard InChI is InChI=1S/C17H16ClFN2O3/c1-22-13-7-12-14(17(24-3)16(13)23-2)15(21-8-20-12)10-6-9(18)4-5-11(10)19/h4-7,20H,8H2,1-3H3. The van der Waals surface area contributed by atoms with Gasteiger partial charge in [-0.1, -0.05) is 11.6 Å². The minimum Gasteiger partial charge on any atom is -0.493 e. The summed E-state index contributed by atoms with van der Waals surface area (Å²) in [5.74, 6) is 0.922. The van der Waals surface area contributed by atoms with Gasteiger partial charge in [0.2, 0.25) is 5.75 Å². The summed E-state index contributed by atoms with van der Waals surface area (Å²) in [7, 11) is 4.57. The summed E-state index contributed by atoms with van der Waals surface area (Å²) >= 11 is 6.03. The van der Waals surface area contributed by atoms with Crippen LogP contribution >= 0.6 is 11.6 Å². The second kappa shape index (κ2) is 6.57. The molecule has 2 aromatic rings. The number of nitrogens with one attached hydrogen (secondary N) is 1. The number of rotatable bonds is 4. The lowest BCUT2D eigenvalue weighted by molar-refractivity contribution is 0.324. The first-order valence-electron chi connectivity index (χ1n) is 7.17. The van der Waals surface area contributed by atoms with Crippen molar-refractivity contribution >= 4 is 23.0 Å². The maximum absolute atomic E-state index is 14.4. The molecule has 0 unspecified atom stereocenters. The Kier molecular flexibility index (Phi) is 4.49. The van der Waals surface area contributed by atoms with E-state index in [0.29, 0.717) is 51.5 Å². The predicted molar refractivity (Wildman–Crippen MR) is 91.6 cm³/mol. The SMILES string of the molecule is COc1cc2c(c(OC)c1OC)C(c1cc(Cl)ccc1F)=NCN2. The number of benzene rings is 2. The van der Waals surface area contributed by atoms with Gasteiger partial charge in [-0.15, -0.1) is 0 Å². The van der Waals surface area contributed by atoms with Gasteiger partial charge in [-0.2, -0.15) is 0 Å². The van der Waals surface area contributed by atoms with Crippen molar-refractivity contribution in [1.82, 2.24) is 0 Å². The van der Waals surface area contributed by atoms with Crippen LogP contribution in [0, 0.1) is 5.82 Å². The van der Waals surface area contributed by atoms with Gasteiger partial charge in [0.15, 0.2) is 11.5 Å². The summed E-state index contributed by atoms with van der Waals surface area (Å²) in [6.07, 6.45) is 0. The zero-order chi connectivity index (χ0) is 17.3. The minimum atomic E-state index is -0.414. The predicted octanol–water partition coefficient (Wildman–Crippen LogP) is 3.73. The van der Waals surface area contributed by atoms with Gasteiger partial charge in [0.1, 0.15) is 12.5 Å². The first kappa shape index (κ1) is 16.4. The van der Waals surface area contributed by atoms with Crippen LogP contribution in [-0.4, -0.2) is 33.7 Å². The third-order valence-corrected chi connectivity index (χ3v) is 3.99. The Hall–Kier alpha value is -2.47. The Morgan fingerprint density at radius 3 is 2.50 bits per heavy atom. The second-order valence-corrected chi connectivity index (χ2v) is 5.47. The number of ether oxygens (including phenoxy) is 3. The topological polar surface area (TPSA) is 52.1 Å². The molecule has 0 bridgehead atoms. The quantitative estimate of drug-likeness (QED) is 0.913. The molecule has 1 heterocycles. The zero-order valence-corrected chi connectivity index (χ0v) is 14.2. The second-order valence-electron chi connectivity index (χ2n) is 5.03. The number of hydrogen-bond donors (Lipinski definition) is 1. The summed E-state index contributed by atoms with van der Waals surface area (Å²) < 4.78 is 30.6. The fourth-order valence-electron chi connectivity index (χ4n) is 2.71. The van der Waals surface area contributed by atoms with Crippen LogP contribution in [0.1, 0.15) is 11.1 Å². The highest BCUT2D eigenvalue weighted by atomic mass is 35.5. The third kappa shape index (κ3) is 2.63. The van der Waals surface area contributed by atoms with E-state index in [0.717, 1.165) is 0 Å². The Bertz CT molecular complexity index is 824. The Morgan fingerprint density at radius 2 is 1.83 bits per heavy atom. The third-order valence-electron chi connectivity index (χ3n) is 3.76. The van der Waals surface area contributed by atoms with Crippen molar-refractivity contribution in [2.75, 3.05) is 33.3 Å². The van der Waals surface area contributed by atoms with Crippen molar-refractivity contribution in [2.45, 2.75) is 0 Å². The lowest BCUT2D eigenvalue weighted by Gasteiger charge is -2.24. The lowest BCUT2D eigenvalue weighted by atomic mass is 9.97. The van der Waals surface area contributed by atoms with E-state index in [2.05, 4.69) is 10.3 Å². The molecule has 0 aromatic heterocycles. The summed E-state index contributed by atoms with van der Waals surface area (Å²) in [6, 6.07) is 6.12. The Labute approximate surface area is 144 Å². The zero-order valence-electron chi connectivity index (χ0n) is 13.4. The maximum atomic E-state index is 14.4. The van der Waals surface area contributed by atoms with Gasteiger partial charge in [-0.25, -0.2) is 4.39 Å². The molecule has 24 heavy (non-hydrogen) atoms. The first-order chi connectivity index (χ1) is 11.6. The van der Waals surface area contributed by atoms with Gasteiger partial charge in [-0.05, 0) is 18.2 Å². The van der Waals surface area contributed by atoms with Gasteiger partial charge >= 0.3 is 0 Å². The molecule has 1 aliphatic rings. The molecule has 0 radical (unpaired) electrons. The molecule has 0 aliphatic carbocycles. The summed E-state index contributed by atoms with van der Waals surface area (Å²) in [4.78, 5) is 4.41. The van der Waals surface area contributed by atoms with Gasteiger partial charge < -0.3 is 19.5 Å². The molecule has 0 fully saturated rings. The van der Waals surface area contributed by atoms with E-state index in [1.807, 2.05) is 0 Å². The van der Waals surface area contributed by atoms with Gasteiger partial charge in [0.05, 0.1) is 38.3 Å². The van der Waals surface area contributed by atoms with Crippen LogP contribution in [-0.2, 0) is 0 Å². The Morgan fingerprint density at radius 1 is 1.08 bits per heavy atom. The maximum Gasteiger partial charge on any atom is 0.204 e. The number of anilines is 1. The molecule has 0 amide bonds. The number of aliphatic imine (C=N–C) groups is 1. The fourth-order valence-corrected chi connectivity index (χ4v) is 2.88. The minimum absolute atomic E-state index is 0.299. The van der Waals surface area contributed by atoms with E-state index in [9.17, 15) is 4.39 Å². The Balaban J connectivity index is 2.29. The average molecular weight is 351 g/mol. The van der Waals surface area contributed by atoms with Crippen LogP contribution in [0.25, 0.3) is 0 Å². The largest absolute Gasteiger partial charge is 0.493 e. The van der Waals surface area contributed by atoms with E-state index >= 15 is 0 Å². The summed E-state index contributed by atoms with van der Waals surface area (Å²) in [6.45, 7) is 0.299. The molecular formula is C17H16ClFN2O3. The van der Waals surface area contributed by atoms with Crippen molar-refractivity contribution in [1.29, 1.82) is 0 Å². The molecule has 0 atom stereocenters. The number of nitrogens with zero attached hydrogens (tertiary/aromatic N) is 1. The van der Waals surface area contributed by atoms with Crippen molar-refractivity contribution < 1.29 is 18.6 Å². The molecule has 7 heteroatoms. The molecule has 0 spiro atoms. The number of halogens is 2. The first-order valence-corrected chi connectivity index (χ1v) is 7.55. The number of methoxy groups -OCH3 is 3. The highest BCUT2D eigenvalue weighted by Crippen LogP contribution is 2.46. The van der Waals surface area contributed by atoms with E-state index in [-0.39, 0.29) is 0 Å². The van der Waals surface area contributed by atoms with Crippen molar-refractivity contribution in [3.8, 4) is 17.2 Å². The van der Waals surface area contributed by atoms with E-state index in [1.165, 1.54) is 33.5 Å². The highest BCUT2D eigenvalue weighted by Gasteiger charge is 2.28. The van der Waals surface area contributed by atoms with Gasteiger partial charge in [-0.3, -0.25) is 4.99 Å². The molecule has 0 saturated carbocycles. The van der Waals surface area contributed by atoms with Gasteiger partial charge in [0, 0.05) is 16.7 Å². The monoisotopic (exact) mass is 350 g/mol. The molecule has 2 aromatic carbocycles. The van der Waals surface area contributed by atoms with Crippen LogP contribution < -0.4 is 19.5 Å². The van der Waals surface area contributed by atoms with E-state index in [1.54, 1.807) is 12.1 Å². The summed E-state index contributed by atoms with van der Waals surface area (Å²) in [5.41, 5.74) is 2.06. The molecule has 1 aliphatic heterocycles. The molecular weight excluding hydrogens is 335 g/mol. The van der Waals surface area contributed by atoms with Crippen molar-refractivity contribution in [3.63, 3.8) is 0 Å². The van der Waals surface area contributed by atoms with E-state index < -0.39 is 5.82 Å². The average Bonchev–Trinajstić information content (AvgIpc) is 2.61.